The number of fused-ring (bicyclic) bond motifs is 1. The van der Waals surface area contributed by atoms with Gasteiger partial charge in [-0.3, -0.25) is 0 Å². The molecule has 1 unspecified atom stereocenters. The molecule has 0 saturated carbocycles. The number of pyridine rings is 2. The van der Waals surface area contributed by atoms with Gasteiger partial charge in [-0.15, -0.1) is 11.3 Å². The zero-order chi connectivity index (χ0) is 27.7. The van der Waals surface area contributed by atoms with Crippen molar-refractivity contribution in [2.75, 3.05) is 11.9 Å². The third kappa shape index (κ3) is 5.99. The Hall–Kier alpha value is -3.31. The van der Waals surface area contributed by atoms with Crippen LogP contribution >= 0.6 is 27.3 Å². The molecule has 6 nitrogen and oxygen atoms in total. The smallest absolute Gasteiger partial charge is 0.416 e. The van der Waals surface area contributed by atoms with E-state index in [0.717, 1.165) is 64.2 Å². The molecule has 1 aliphatic rings. The highest BCUT2D eigenvalue weighted by molar-refractivity contribution is 9.10. The lowest BCUT2D eigenvalue weighted by Gasteiger charge is -2.25. The zero-order valence-electron chi connectivity index (χ0n) is 21.1. The van der Waals surface area contributed by atoms with Crippen molar-refractivity contribution in [2.24, 2.45) is 0 Å². The van der Waals surface area contributed by atoms with E-state index in [4.69, 9.17) is 9.72 Å². The fourth-order valence-electron chi connectivity index (χ4n) is 4.68. The Balaban J connectivity index is 1.42. The number of nitrogens with zero attached hydrogens (tertiary/aromatic N) is 3. The van der Waals surface area contributed by atoms with Crippen LogP contribution < -0.4 is 5.32 Å². The van der Waals surface area contributed by atoms with Crippen LogP contribution in [0.25, 0.3) is 10.6 Å². The Labute approximate surface area is 235 Å². The van der Waals surface area contributed by atoms with Gasteiger partial charge in [0.25, 0.3) is 0 Å². The molecule has 3 heterocycles. The second-order valence-electron chi connectivity index (χ2n) is 9.23. The molecule has 0 saturated heterocycles. The van der Waals surface area contributed by atoms with Gasteiger partial charge in [0.1, 0.15) is 16.6 Å². The van der Waals surface area contributed by atoms with E-state index in [1.54, 1.807) is 19.2 Å². The van der Waals surface area contributed by atoms with Crippen LogP contribution in [0.4, 0.5) is 24.8 Å². The lowest BCUT2D eigenvalue weighted by molar-refractivity contribution is -0.137. The first-order valence-corrected chi connectivity index (χ1v) is 14.0. The first-order valence-electron chi connectivity index (χ1n) is 12.4. The number of rotatable bonds is 6. The molecule has 5 rings (SSSR count). The summed E-state index contributed by atoms with van der Waals surface area (Å²) in [5.41, 5.74) is 3.55. The van der Waals surface area contributed by atoms with Crippen molar-refractivity contribution in [3.63, 3.8) is 0 Å². The van der Waals surface area contributed by atoms with Gasteiger partial charge in [-0.1, -0.05) is 0 Å². The average Bonchev–Trinajstić information content (AvgIpc) is 3.38. The normalized spacial score (nSPS) is 15.1. The summed E-state index contributed by atoms with van der Waals surface area (Å²) in [7, 11) is 0. The van der Waals surface area contributed by atoms with E-state index < -0.39 is 11.7 Å². The molecule has 1 atom stereocenters. The van der Waals surface area contributed by atoms with Crippen LogP contribution in [0.3, 0.4) is 0 Å². The topological polar surface area (TPSA) is 77.0 Å². The predicted octanol–water partition coefficient (Wildman–Crippen LogP) is 8.08. The predicted molar refractivity (Wildman–Crippen MR) is 147 cm³/mol. The number of aryl methyl sites for hydroxylation is 2. The molecule has 0 aliphatic heterocycles. The van der Waals surface area contributed by atoms with Crippen molar-refractivity contribution in [3.8, 4) is 10.6 Å². The minimum atomic E-state index is -4.46. The number of hydrogen-bond donors (Lipinski definition) is 1. The van der Waals surface area contributed by atoms with Gasteiger partial charge in [0.2, 0.25) is 0 Å². The number of halogens is 4. The summed E-state index contributed by atoms with van der Waals surface area (Å²) >= 11 is 5.08. The van der Waals surface area contributed by atoms with Gasteiger partial charge in [0.15, 0.2) is 0 Å². The van der Waals surface area contributed by atoms with Crippen LogP contribution in [0.2, 0.25) is 0 Å². The fourth-order valence-corrected chi connectivity index (χ4v) is 6.23. The number of esters is 1. The molecule has 202 valence electrons. The van der Waals surface area contributed by atoms with Crippen molar-refractivity contribution in [1.82, 2.24) is 15.0 Å². The number of ether oxygens (including phenoxy) is 1. The summed E-state index contributed by atoms with van der Waals surface area (Å²) in [5, 5.41) is 3.84. The van der Waals surface area contributed by atoms with E-state index in [0.29, 0.717) is 28.2 Å². The molecular weight excluding hydrogens is 593 g/mol. The Morgan fingerprint density at radius 3 is 2.77 bits per heavy atom. The van der Waals surface area contributed by atoms with Gasteiger partial charge in [0.05, 0.1) is 28.3 Å². The average molecular weight is 617 g/mol. The van der Waals surface area contributed by atoms with E-state index in [1.807, 2.05) is 25.1 Å². The number of hydrogen-bond acceptors (Lipinski definition) is 7. The highest BCUT2D eigenvalue weighted by atomic mass is 79.9. The number of thiazole rings is 1. The summed E-state index contributed by atoms with van der Waals surface area (Å²) in [6.45, 7) is 3.99. The molecule has 4 aromatic rings. The van der Waals surface area contributed by atoms with Crippen LogP contribution in [-0.4, -0.2) is 27.5 Å². The molecular formula is C28H24BrF3N4O2S. The van der Waals surface area contributed by atoms with E-state index in [9.17, 15) is 18.0 Å². The van der Waals surface area contributed by atoms with Gasteiger partial charge in [-0.25, -0.2) is 19.7 Å². The van der Waals surface area contributed by atoms with E-state index in [1.165, 1.54) is 11.3 Å². The maximum atomic E-state index is 13.1. The molecule has 39 heavy (non-hydrogen) atoms. The van der Waals surface area contributed by atoms with Crippen LogP contribution in [0.5, 0.6) is 0 Å². The Kier molecular flexibility index (Phi) is 7.73. The molecule has 0 radical (unpaired) electrons. The summed E-state index contributed by atoms with van der Waals surface area (Å²) in [6, 6.07) is 9.48. The number of anilines is 2. The quantitative estimate of drug-likeness (QED) is 0.221. The number of aromatic nitrogens is 3. The highest BCUT2D eigenvalue weighted by Crippen LogP contribution is 2.42. The molecule has 0 amide bonds. The van der Waals surface area contributed by atoms with Gasteiger partial charge >= 0.3 is 12.1 Å². The van der Waals surface area contributed by atoms with Crippen molar-refractivity contribution in [1.29, 1.82) is 0 Å². The molecule has 1 aliphatic carbocycles. The summed E-state index contributed by atoms with van der Waals surface area (Å²) in [6.07, 6.45) is 1.22. The van der Waals surface area contributed by atoms with E-state index >= 15 is 0 Å². The molecule has 1 aromatic carbocycles. The summed E-state index contributed by atoms with van der Waals surface area (Å²) in [4.78, 5) is 26.6. The van der Waals surface area contributed by atoms with Crippen LogP contribution in [0, 0.1) is 6.92 Å². The summed E-state index contributed by atoms with van der Waals surface area (Å²) < 4.78 is 45.2. The Morgan fingerprint density at radius 2 is 2.00 bits per heavy atom. The maximum Gasteiger partial charge on any atom is 0.416 e. The first-order chi connectivity index (χ1) is 18.6. The standard InChI is InChI=1S/C28H24BrF3N4O2S/c1-3-38-27(37)20-11-16-5-4-6-18(19(16)13-21(20)29)26-34-14-23(39-26)22-9-15(2)10-25(35-22)36-24-12-17(7-8-33-24)28(30,31)32/h7-14,18H,3-6H2,1-2H3,(H,33,35,36). The van der Waals surface area contributed by atoms with Gasteiger partial charge in [-0.05, 0) is 102 Å². The zero-order valence-corrected chi connectivity index (χ0v) is 23.5. The highest BCUT2D eigenvalue weighted by Gasteiger charge is 2.31. The van der Waals surface area contributed by atoms with Crippen LogP contribution in [0.15, 0.2) is 53.3 Å². The number of alkyl halides is 3. The molecule has 0 fully saturated rings. The number of carbonyl (C=O) groups is 1. The molecule has 0 bridgehead atoms. The molecule has 1 N–H and O–H groups in total. The van der Waals surface area contributed by atoms with Crippen LogP contribution in [-0.2, 0) is 17.3 Å². The maximum absolute atomic E-state index is 13.1. The second kappa shape index (κ2) is 11.1. The molecule has 0 spiro atoms. The largest absolute Gasteiger partial charge is 0.462 e. The van der Waals surface area contributed by atoms with Crippen molar-refractivity contribution >= 4 is 44.9 Å². The van der Waals surface area contributed by atoms with Crippen molar-refractivity contribution in [3.05, 3.63) is 86.1 Å². The van der Waals surface area contributed by atoms with Gasteiger partial charge < -0.3 is 10.1 Å². The SMILES string of the molecule is CCOC(=O)c1cc2c(cc1Br)C(c1ncc(-c3cc(C)cc(Nc4cc(C(F)(F)F)ccn4)n3)s1)CCC2. The van der Waals surface area contributed by atoms with Gasteiger partial charge in [0, 0.05) is 22.8 Å². The number of benzene rings is 1. The third-order valence-corrected chi connectivity index (χ3v) is 8.22. The monoisotopic (exact) mass is 616 g/mol. The Morgan fingerprint density at radius 1 is 1.18 bits per heavy atom. The third-order valence-electron chi connectivity index (χ3n) is 6.43. The number of carbonyl (C=O) groups excluding carboxylic acids is 1. The Bertz CT molecular complexity index is 1540. The van der Waals surface area contributed by atoms with E-state index in [2.05, 4.69) is 31.2 Å². The fraction of sp³-hybridized carbons (Fsp3) is 0.286. The second-order valence-corrected chi connectivity index (χ2v) is 11.1. The lowest BCUT2D eigenvalue weighted by Crippen LogP contribution is -2.14. The lowest BCUT2D eigenvalue weighted by atomic mass is 9.82. The van der Waals surface area contributed by atoms with Crippen LogP contribution in [0.1, 0.15) is 63.3 Å². The first kappa shape index (κ1) is 27.3. The van der Waals surface area contributed by atoms with E-state index in [-0.39, 0.29) is 17.7 Å². The van der Waals surface area contributed by atoms with Crippen molar-refractivity contribution in [2.45, 2.75) is 45.2 Å². The number of nitrogens with one attached hydrogen (secondary N) is 1. The minimum absolute atomic E-state index is 0.0606. The minimum Gasteiger partial charge on any atom is -0.462 e. The molecule has 3 aromatic heterocycles. The van der Waals surface area contributed by atoms with Gasteiger partial charge in [-0.2, -0.15) is 13.2 Å². The molecule has 11 heteroatoms. The van der Waals surface area contributed by atoms with Crippen molar-refractivity contribution < 1.29 is 22.7 Å². The summed E-state index contributed by atoms with van der Waals surface area (Å²) in [5.74, 6) is 0.188.